The monoisotopic (exact) mass is 395 g/mol. The van der Waals surface area contributed by atoms with E-state index in [4.69, 9.17) is 4.74 Å². The van der Waals surface area contributed by atoms with Crippen LogP contribution in [0.25, 0.3) is 10.2 Å². The molecule has 2 heterocycles. The minimum absolute atomic E-state index is 0.0730. The molecule has 4 rings (SSSR count). The van der Waals surface area contributed by atoms with Crippen molar-refractivity contribution in [2.45, 2.75) is 13.0 Å². The van der Waals surface area contributed by atoms with Crippen LogP contribution >= 0.6 is 11.3 Å². The summed E-state index contributed by atoms with van der Waals surface area (Å²) in [4.78, 5) is 21.3. The van der Waals surface area contributed by atoms with Gasteiger partial charge in [-0.1, -0.05) is 42.5 Å². The van der Waals surface area contributed by atoms with E-state index in [0.717, 1.165) is 54.4 Å². The number of para-hydroxylation sites is 1. The molecule has 146 valence electrons. The molecule has 0 bridgehead atoms. The number of aromatic nitrogens is 1. The normalized spacial score (nSPS) is 15.2. The van der Waals surface area contributed by atoms with E-state index < -0.39 is 0 Å². The molecule has 3 aromatic rings. The van der Waals surface area contributed by atoms with Gasteiger partial charge in [-0.3, -0.25) is 9.69 Å². The number of rotatable bonds is 7. The van der Waals surface area contributed by atoms with Gasteiger partial charge in [0.25, 0.3) is 0 Å². The molecule has 0 unspecified atom stereocenters. The van der Waals surface area contributed by atoms with Crippen LogP contribution in [0.2, 0.25) is 0 Å². The standard InChI is InChI=1S/C22H25N3O2S/c26-22(17-27-16-21-23-19-8-4-5-9-20(19)28-21)25-14-12-24(13-15-25)11-10-18-6-2-1-3-7-18/h1-9H,10-17H2. The number of carbonyl (C=O) groups is 1. The van der Waals surface area contributed by atoms with Gasteiger partial charge in [-0.15, -0.1) is 11.3 Å². The Morgan fingerprint density at radius 1 is 1.00 bits per heavy atom. The second kappa shape index (κ2) is 9.28. The van der Waals surface area contributed by atoms with Gasteiger partial charge < -0.3 is 9.64 Å². The first-order valence-electron chi connectivity index (χ1n) is 9.74. The number of benzene rings is 2. The maximum atomic E-state index is 12.4. The lowest BCUT2D eigenvalue weighted by molar-refractivity contribution is -0.138. The minimum Gasteiger partial charge on any atom is -0.364 e. The van der Waals surface area contributed by atoms with E-state index in [0.29, 0.717) is 6.61 Å². The zero-order chi connectivity index (χ0) is 19.2. The largest absolute Gasteiger partial charge is 0.364 e. The Kier molecular flexibility index (Phi) is 6.31. The molecule has 1 aliphatic heterocycles. The average molecular weight is 396 g/mol. The van der Waals surface area contributed by atoms with E-state index in [1.54, 1.807) is 11.3 Å². The number of piperazine rings is 1. The Morgan fingerprint density at radius 2 is 1.75 bits per heavy atom. The second-order valence-electron chi connectivity index (χ2n) is 7.03. The summed E-state index contributed by atoms with van der Waals surface area (Å²) in [6, 6.07) is 18.6. The summed E-state index contributed by atoms with van der Waals surface area (Å²) in [5.41, 5.74) is 2.35. The number of hydrogen-bond acceptors (Lipinski definition) is 5. The molecule has 0 spiro atoms. The van der Waals surface area contributed by atoms with Crippen LogP contribution in [-0.4, -0.2) is 60.0 Å². The van der Waals surface area contributed by atoms with Gasteiger partial charge in [0.2, 0.25) is 5.91 Å². The average Bonchev–Trinajstić information content (AvgIpc) is 3.16. The molecule has 28 heavy (non-hydrogen) atoms. The summed E-state index contributed by atoms with van der Waals surface area (Å²) in [6.07, 6.45) is 1.06. The third-order valence-electron chi connectivity index (χ3n) is 5.07. The summed E-state index contributed by atoms with van der Waals surface area (Å²) in [5, 5.41) is 0.916. The molecule has 1 aromatic heterocycles. The maximum absolute atomic E-state index is 12.4. The molecular formula is C22H25N3O2S. The fourth-order valence-electron chi connectivity index (χ4n) is 3.45. The maximum Gasteiger partial charge on any atom is 0.248 e. The Labute approximate surface area is 169 Å². The first kappa shape index (κ1) is 19.1. The minimum atomic E-state index is 0.0730. The summed E-state index contributed by atoms with van der Waals surface area (Å²) < 4.78 is 6.79. The van der Waals surface area contributed by atoms with Gasteiger partial charge in [0.15, 0.2) is 0 Å². The SMILES string of the molecule is O=C(COCc1nc2ccccc2s1)N1CCN(CCc2ccccc2)CC1. The van der Waals surface area contributed by atoms with Crippen LogP contribution in [-0.2, 0) is 22.6 Å². The van der Waals surface area contributed by atoms with E-state index in [2.05, 4.69) is 40.2 Å². The van der Waals surface area contributed by atoms with E-state index >= 15 is 0 Å². The number of nitrogens with zero attached hydrogens (tertiary/aromatic N) is 3. The van der Waals surface area contributed by atoms with Crippen LogP contribution in [0.3, 0.4) is 0 Å². The van der Waals surface area contributed by atoms with E-state index in [-0.39, 0.29) is 12.5 Å². The van der Waals surface area contributed by atoms with Crippen molar-refractivity contribution in [3.63, 3.8) is 0 Å². The van der Waals surface area contributed by atoms with Crippen molar-refractivity contribution in [3.8, 4) is 0 Å². The van der Waals surface area contributed by atoms with Crippen molar-refractivity contribution in [2.24, 2.45) is 0 Å². The molecule has 1 aliphatic rings. The number of amides is 1. The summed E-state index contributed by atoms with van der Waals surface area (Å²) >= 11 is 1.62. The lowest BCUT2D eigenvalue weighted by Gasteiger charge is -2.34. The smallest absolute Gasteiger partial charge is 0.248 e. The predicted molar refractivity (Wildman–Crippen MR) is 112 cm³/mol. The molecule has 0 atom stereocenters. The zero-order valence-electron chi connectivity index (χ0n) is 15.9. The molecule has 0 radical (unpaired) electrons. The number of ether oxygens (including phenoxy) is 1. The third kappa shape index (κ3) is 4.95. The van der Waals surface area contributed by atoms with Gasteiger partial charge in [0.1, 0.15) is 11.6 Å². The summed E-state index contributed by atoms with van der Waals surface area (Å²) in [5.74, 6) is 0.0730. The van der Waals surface area contributed by atoms with Gasteiger partial charge in [-0.25, -0.2) is 4.98 Å². The summed E-state index contributed by atoms with van der Waals surface area (Å²) in [6.45, 7) is 4.96. The van der Waals surface area contributed by atoms with Gasteiger partial charge in [-0.05, 0) is 24.1 Å². The number of fused-ring (bicyclic) bond motifs is 1. The first-order valence-corrected chi connectivity index (χ1v) is 10.6. The third-order valence-corrected chi connectivity index (χ3v) is 6.08. The molecule has 0 saturated carbocycles. The highest BCUT2D eigenvalue weighted by atomic mass is 32.1. The van der Waals surface area contributed by atoms with Crippen LogP contribution < -0.4 is 0 Å². The van der Waals surface area contributed by atoms with Crippen LogP contribution in [0.4, 0.5) is 0 Å². The number of thiazole rings is 1. The Balaban J connectivity index is 1.17. The van der Waals surface area contributed by atoms with Gasteiger partial charge in [0, 0.05) is 32.7 Å². The summed E-state index contributed by atoms with van der Waals surface area (Å²) in [7, 11) is 0. The molecule has 1 fully saturated rings. The molecule has 2 aromatic carbocycles. The van der Waals surface area contributed by atoms with E-state index in [1.807, 2.05) is 29.2 Å². The van der Waals surface area contributed by atoms with E-state index in [1.165, 1.54) is 5.56 Å². The van der Waals surface area contributed by atoms with Gasteiger partial charge in [-0.2, -0.15) is 0 Å². The Hall–Kier alpha value is -2.28. The highest BCUT2D eigenvalue weighted by molar-refractivity contribution is 7.18. The second-order valence-corrected chi connectivity index (χ2v) is 8.14. The van der Waals surface area contributed by atoms with Crippen molar-refractivity contribution in [3.05, 3.63) is 65.2 Å². The van der Waals surface area contributed by atoms with Crippen molar-refractivity contribution in [1.82, 2.24) is 14.8 Å². The van der Waals surface area contributed by atoms with Crippen molar-refractivity contribution < 1.29 is 9.53 Å². The van der Waals surface area contributed by atoms with Crippen LogP contribution in [0.5, 0.6) is 0 Å². The molecule has 1 saturated heterocycles. The molecule has 0 aliphatic carbocycles. The van der Waals surface area contributed by atoms with Crippen LogP contribution in [0, 0.1) is 0 Å². The van der Waals surface area contributed by atoms with Gasteiger partial charge in [0.05, 0.1) is 16.8 Å². The molecule has 5 nitrogen and oxygen atoms in total. The Bertz CT molecular complexity index is 871. The quantitative estimate of drug-likeness (QED) is 0.616. The van der Waals surface area contributed by atoms with Crippen LogP contribution in [0.15, 0.2) is 54.6 Å². The number of hydrogen-bond donors (Lipinski definition) is 0. The van der Waals surface area contributed by atoms with Crippen molar-refractivity contribution >= 4 is 27.5 Å². The first-order chi connectivity index (χ1) is 13.8. The van der Waals surface area contributed by atoms with Crippen molar-refractivity contribution in [1.29, 1.82) is 0 Å². The van der Waals surface area contributed by atoms with Crippen LogP contribution in [0.1, 0.15) is 10.6 Å². The predicted octanol–water partition coefficient (Wildman–Crippen LogP) is 3.20. The van der Waals surface area contributed by atoms with Crippen molar-refractivity contribution in [2.75, 3.05) is 39.3 Å². The van der Waals surface area contributed by atoms with E-state index in [9.17, 15) is 4.79 Å². The Morgan fingerprint density at radius 3 is 2.54 bits per heavy atom. The molecular weight excluding hydrogens is 370 g/mol. The van der Waals surface area contributed by atoms with Gasteiger partial charge >= 0.3 is 0 Å². The zero-order valence-corrected chi connectivity index (χ0v) is 16.7. The molecule has 0 N–H and O–H groups in total. The highest BCUT2D eigenvalue weighted by Gasteiger charge is 2.21. The topological polar surface area (TPSA) is 45.7 Å². The lowest BCUT2D eigenvalue weighted by Crippen LogP contribution is -2.50. The molecule has 6 heteroatoms. The lowest BCUT2D eigenvalue weighted by atomic mass is 10.1. The molecule has 1 amide bonds. The highest BCUT2D eigenvalue weighted by Crippen LogP contribution is 2.21. The number of carbonyl (C=O) groups excluding carboxylic acids is 1. The fraction of sp³-hybridized carbons (Fsp3) is 0.364. The fourth-order valence-corrected chi connectivity index (χ4v) is 4.36.